The van der Waals surface area contributed by atoms with Crippen LogP contribution in [0.1, 0.15) is 18.9 Å². The number of nitrogens with one attached hydrogen (secondary N) is 1. The molecule has 0 heterocycles. The lowest BCUT2D eigenvalue weighted by molar-refractivity contribution is -0.138. The van der Waals surface area contributed by atoms with Gasteiger partial charge in [-0.1, -0.05) is 22.9 Å². The fourth-order valence-electron chi connectivity index (χ4n) is 1.24. The van der Waals surface area contributed by atoms with Crippen molar-refractivity contribution in [3.63, 3.8) is 0 Å². The molecule has 0 bridgehead atoms. The number of alkyl halides is 3. The van der Waals surface area contributed by atoms with Gasteiger partial charge in [-0.05, 0) is 24.6 Å². The molecule has 0 unspecified atom stereocenters. The third-order valence-corrected chi connectivity index (χ3v) is 3.01. The van der Waals surface area contributed by atoms with Gasteiger partial charge in [0.05, 0.1) is 11.6 Å². The van der Waals surface area contributed by atoms with Gasteiger partial charge in [0.1, 0.15) is 0 Å². The van der Waals surface area contributed by atoms with Crippen molar-refractivity contribution in [1.82, 2.24) is 0 Å². The Morgan fingerprint density at radius 2 is 2.11 bits per heavy atom. The zero-order chi connectivity index (χ0) is 13.9. The van der Waals surface area contributed by atoms with Crippen molar-refractivity contribution in [3.05, 3.63) is 28.2 Å². The molecule has 1 aromatic carbocycles. The van der Waals surface area contributed by atoms with Gasteiger partial charge in [0.2, 0.25) is 5.91 Å². The summed E-state index contributed by atoms with van der Waals surface area (Å²) < 4.78 is 37.8. The van der Waals surface area contributed by atoms with E-state index in [9.17, 15) is 18.0 Å². The van der Waals surface area contributed by atoms with Crippen molar-refractivity contribution >= 4 is 27.5 Å². The molecule has 18 heavy (non-hydrogen) atoms. The van der Waals surface area contributed by atoms with Gasteiger partial charge in [0, 0.05) is 10.2 Å². The monoisotopic (exact) mass is 324 g/mol. The molecule has 3 N–H and O–H groups in total. The van der Waals surface area contributed by atoms with E-state index in [4.69, 9.17) is 5.73 Å². The Morgan fingerprint density at radius 3 is 2.61 bits per heavy atom. The van der Waals surface area contributed by atoms with Crippen molar-refractivity contribution < 1.29 is 18.0 Å². The van der Waals surface area contributed by atoms with E-state index in [1.165, 1.54) is 12.1 Å². The highest BCUT2D eigenvalue weighted by Crippen LogP contribution is 2.36. The summed E-state index contributed by atoms with van der Waals surface area (Å²) in [7, 11) is 0. The molecule has 1 rings (SSSR count). The molecule has 0 saturated carbocycles. The molecule has 0 aliphatic carbocycles. The van der Waals surface area contributed by atoms with Crippen LogP contribution in [-0.4, -0.2) is 11.9 Å². The van der Waals surface area contributed by atoms with Crippen molar-refractivity contribution in [2.75, 3.05) is 5.32 Å². The lowest BCUT2D eigenvalue weighted by Gasteiger charge is -2.13. The maximum Gasteiger partial charge on any atom is 0.417 e. The average Bonchev–Trinajstić information content (AvgIpc) is 2.29. The van der Waals surface area contributed by atoms with E-state index in [1.54, 1.807) is 6.92 Å². The highest BCUT2D eigenvalue weighted by Gasteiger charge is 2.33. The average molecular weight is 325 g/mol. The van der Waals surface area contributed by atoms with Gasteiger partial charge in [0.25, 0.3) is 0 Å². The number of carbonyl (C=O) groups is 1. The Hall–Kier alpha value is -1.08. The predicted molar refractivity (Wildman–Crippen MR) is 66.0 cm³/mol. The zero-order valence-corrected chi connectivity index (χ0v) is 11.1. The summed E-state index contributed by atoms with van der Waals surface area (Å²) in [6, 6.07) is 2.74. The first-order valence-electron chi connectivity index (χ1n) is 5.19. The molecule has 1 atom stereocenters. The zero-order valence-electron chi connectivity index (χ0n) is 9.51. The minimum atomic E-state index is -4.48. The second-order valence-corrected chi connectivity index (χ2v) is 4.55. The largest absolute Gasteiger partial charge is 0.417 e. The molecule has 3 nitrogen and oxygen atoms in total. The number of hydrogen-bond acceptors (Lipinski definition) is 2. The number of carbonyl (C=O) groups excluding carboxylic acids is 1. The van der Waals surface area contributed by atoms with E-state index < -0.39 is 23.7 Å². The first-order valence-corrected chi connectivity index (χ1v) is 5.98. The van der Waals surface area contributed by atoms with Crippen LogP contribution in [0.2, 0.25) is 0 Å². The number of rotatable bonds is 3. The molecule has 0 radical (unpaired) electrons. The lowest BCUT2D eigenvalue weighted by Crippen LogP contribution is -2.34. The van der Waals surface area contributed by atoms with Gasteiger partial charge in [0.15, 0.2) is 0 Å². The number of amides is 1. The third kappa shape index (κ3) is 3.71. The minimum Gasteiger partial charge on any atom is -0.325 e. The molecule has 0 aliphatic rings. The Kier molecular flexibility index (Phi) is 4.75. The van der Waals surface area contributed by atoms with Crippen LogP contribution in [-0.2, 0) is 11.0 Å². The molecule has 0 spiro atoms. The van der Waals surface area contributed by atoms with Gasteiger partial charge in [-0.2, -0.15) is 13.2 Å². The maximum absolute atomic E-state index is 12.6. The fraction of sp³-hybridized carbons (Fsp3) is 0.364. The highest BCUT2D eigenvalue weighted by atomic mass is 79.9. The van der Waals surface area contributed by atoms with Crippen molar-refractivity contribution in [1.29, 1.82) is 0 Å². The molecule has 100 valence electrons. The standard InChI is InChI=1S/C11H12BrF3N2O/c1-2-9(16)10(18)17-6-3-4-8(12)7(5-6)11(13,14)15/h3-5,9H,2,16H2,1H3,(H,17,18)/t9-/m1/s1. The van der Waals surface area contributed by atoms with Crippen molar-refractivity contribution in [2.24, 2.45) is 5.73 Å². The molecule has 1 amide bonds. The molecular formula is C11H12BrF3N2O. The minimum absolute atomic E-state index is 0.0689. The predicted octanol–water partition coefficient (Wildman–Crippen LogP) is 3.14. The molecule has 0 fully saturated rings. The number of hydrogen-bond donors (Lipinski definition) is 2. The SMILES string of the molecule is CC[C@@H](N)C(=O)Nc1ccc(Br)c(C(F)(F)F)c1. The Morgan fingerprint density at radius 1 is 1.50 bits per heavy atom. The van der Waals surface area contributed by atoms with Crippen LogP contribution in [0, 0.1) is 0 Å². The second kappa shape index (κ2) is 5.71. The summed E-state index contributed by atoms with van der Waals surface area (Å²) in [6.07, 6.45) is -4.07. The topological polar surface area (TPSA) is 55.1 Å². The van der Waals surface area contributed by atoms with Crippen LogP contribution in [0.15, 0.2) is 22.7 Å². The lowest BCUT2D eigenvalue weighted by atomic mass is 10.1. The summed E-state index contributed by atoms with van der Waals surface area (Å²) >= 11 is 2.82. The summed E-state index contributed by atoms with van der Waals surface area (Å²) in [5.41, 5.74) is 4.70. The van der Waals surface area contributed by atoms with Crippen LogP contribution in [0.25, 0.3) is 0 Å². The second-order valence-electron chi connectivity index (χ2n) is 3.70. The van der Waals surface area contributed by atoms with E-state index >= 15 is 0 Å². The first-order chi connectivity index (χ1) is 8.25. The number of nitrogens with two attached hydrogens (primary N) is 1. The van der Waals surface area contributed by atoms with E-state index in [2.05, 4.69) is 21.2 Å². The van der Waals surface area contributed by atoms with Crippen LogP contribution in [0.3, 0.4) is 0 Å². The van der Waals surface area contributed by atoms with Gasteiger partial charge < -0.3 is 11.1 Å². The van der Waals surface area contributed by atoms with Crippen LogP contribution < -0.4 is 11.1 Å². The van der Waals surface area contributed by atoms with E-state index in [0.717, 1.165) is 6.07 Å². The van der Waals surface area contributed by atoms with Crippen molar-refractivity contribution in [3.8, 4) is 0 Å². The first kappa shape index (κ1) is 15.0. The van der Waals surface area contributed by atoms with Crippen LogP contribution in [0.5, 0.6) is 0 Å². The molecular weight excluding hydrogens is 313 g/mol. The number of benzene rings is 1. The number of anilines is 1. The van der Waals surface area contributed by atoms with Crippen molar-refractivity contribution in [2.45, 2.75) is 25.6 Å². The van der Waals surface area contributed by atoms with Gasteiger partial charge in [-0.25, -0.2) is 0 Å². The quantitative estimate of drug-likeness (QED) is 0.897. The summed E-state index contributed by atoms with van der Waals surface area (Å²) in [5.74, 6) is -0.507. The fourth-order valence-corrected chi connectivity index (χ4v) is 1.71. The Labute approximate surface area is 111 Å². The summed E-state index contributed by atoms with van der Waals surface area (Å²) in [4.78, 5) is 11.5. The van der Waals surface area contributed by atoms with Crippen LogP contribution >= 0.6 is 15.9 Å². The van der Waals surface area contributed by atoms with Gasteiger partial charge >= 0.3 is 6.18 Å². The highest BCUT2D eigenvalue weighted by molar-refractivity contribution is 9.10. The van der Waals surface area contributed by atoms with E-state index in [-0.39, 0.29) is 10.2 Å². The third-order valence-electron chi connectivity index (χ3n) is 2.32. The van der Waals surface area contributed by atoms with E-state index in [1.807, 2.05) is 0 Å². The number of halogens is 4. The van der Waals surface area contributed by atoms with Crippen LogP contribution in [0.4, 0.5) is 18.9 Å². The van der Waals surface area contributed by atoms with Gasteiger partial charge in [-0.15, -0.1) is 0 Å². The maximum atomic E-state index is 12.6. The Balaban J connectivity index is 2.96. The Bertz CT molecular complexity index is 448. The summed E-state index contributed by atoms with van der Waals surface area (Å²) in [6.45, 7) is 1.72. The molecule has 1 aromatic rings. The van der Waals surface area contributed by atoms with E-state index in [0.29, 0.717) is 6.42 Å². The normalized spacial score (nSPS) is 13.2. The smallest absolute Gasteiger partial charge is 0.325 e. The molecule has 0 saturated heterocycles. The molecule has 0 aromatic heterocycles. The van der Waals surface area contributed by atoms with Gasteiger partial charge in [-0.3, -0.25) is 4.79 Å². The summed E-state index contributed by atoms with van der Waals surface area (Å²) in [5, 5.41) is 2.35. The molecule has 0 aliphatic heterocycles. The molecule has 7 heteroatoms.